The molecule has 1 aliphatic heterocycles. The number of nitrogens with one attached hydrogen (secondary N) is 1. The van der Waals surface area contributed by atoms with Crippen molar-refractivity contribution < 1.29 is 63.8 Å². The predicted molar refractivity (Wildman–Crippen MR) is 123 cm³/mol. The number of hydrogen-bond acceptors (Lipinski definition) is 7. The van der Waals surface area contributed by atoms with E-state index in [4.69, 9.17) is 5.11 Å². The Morgan fingerprint density at radius 1 is 0.976 bits per heavy atom. The maximum atomic E-state index is 14.0. The van der Waals surface area contributed by atoms with Gasteiger partial charge >= 0.3 is 5.97 Å². The molecule has 3 rings (SSSR count). The Morgan fingerprint density at radius 2 is 1.56 bits per heavy atom. The van der Waals surface area contributed by atoms with E-state index in [0.29, 0.717) is 16.4 Å². The van der Waals surface area contributed by atoms with Crippen LogP contribution in [0.3, 0.4) is 0 Å². The SMILES string of the molecule is O=C(O)C[C@H](NC(=O)CN1CCN(S(=O)(=O)c2c(F)cccc2F)CC1=O)C(=O)COc1c(F)c(F)cc(F)c1F. The normalized spacial score (nSPS) is 15.0. The van der Waals surface area contributed by atoms with Crippen molar-refractivity contribution in [1.82, 2.24) is 14.5 Å². The van der Waals surface area contributed by atoms with E-state index >= 15 is 0 Å². The van der Waals surface area contributed by atoms with E-state index in [0.717, 1.165) is 11.0 Å². The summed E-state index contributed by atoms with van der Waals surface area (Å²) in [6, 6.07) is 0.369. The van der Waals surface area contributed by atoms with Crippen molar-refractivity contribution in [2.45, 2.75) is 17.4 Å². The Hall–Kier alpha value is -4.19. The molecule has 2 aromatic rings. The van der Waals surface area contributed by atoms with Crippen LogP contribution in [0.2, 0.25) is 0 Å². The summed E-state index contributed by atoms with van der Waals surface area (Å²) in [5, 5.41) is 11.0. The van der Waals surface area contributed by atoms with Gasteiger partial charge in [0.2, 0.25) is 33.5 Å². The fourth-order valence-corrected chi connectivity index (χ4v) is 5.16. The zero-order valence-electron chi connectivity index (χ0n) is 20.5. The molecule has 1 heterocycles. The standard InChI is InChI=1S/C23H19F6N3O8S/c24-11-2-1-3-12(25)23(11)41(38,39)32-5-4-31(18(35)9-32)8-17(34)30-15(7-19(36)37)16(33)10-40-22-20(28)13(26)6-14(27)21(22)29/h1-3,6,15H,4-5,7-10H2,(H,30,34)(H,36,37)/t15-/m0/s1. The summed E-state index contributed by atoms with van der Waals surface area (Å²) in [4.78, 5) is 48.1. The fraction of sp³-hybridized carbons (Fsp3) is 0.304. The van der Waals surface area contributed by atoms with Gasteiger partial charge in [-0.25, -0.2) is 26.0 Å². The molecule has 222 valence electrons. The smallest absolute Gasteiger partial charge is 0.305 e. The van der Waals surface area contributed by atoms with Crippen molar-refractivity contribution in [3.05, 3.63) is 59.2 Å². The Morgan fingerprint density at radius 3 is 2.10 bits per heavy atom. The van der Waals surface area contributed by atoms with Gasteiger partial charge < -0.3 is 20.1 Å². The number of rotatable bonds is 11. The lowest BCUT2D eigenvalue weighted by atomic mass is 10.1. The van der Waals surface area contributed by atoms with Gasteiger partial charge in [0, 0.05) is 19.2 Å². The summed E-state index contributed by atoms with van der Waals surface area (Å²) in [6.07, 6.45) is -1.06. The molecular weight excluding hydrogens is 592 g/mol. The minimum absolute atomic E-state index is 0.110. The van der Waals surface area contributed by atoms with Crippen molar-refractivity contribution in [1.29, 1.82) is 0 Å². The lowest BCUT2D eigenvalue weighted by molar-refractivity contribution is -0.142. The second-order valence-corrected chi connectivity index (χ2v) is 10.3. The molecule has 1 atom stereocenters. The van der Waals surface area contributed by atoms with E-state index in [1.807, 2.05) is 5.32 Å². The van der Waals surface area contributed by atoms with Gasteiger partial charge in [-0.2, -0.15) is 13.1 Å². The average molecular weight is 611 g/mol. The molecule has 18 heteroatoms. The molecule has 0 radical (unpaired) electrons. The van der Waals surface area contributed by atoms with Crippen LogP contribution in [0.15, 0.2) is 29.2 Å². The number of ketones is 1. The molecule has 2 aromatic carbocycles. The van der Waals surface area contributed by atoms with Crippen molar-refractivity contribution in [3.8, 4) is 5.75 Å². The molecule has 41 heavy (non-hydrogen) atoms. The number of benzene rings is 2. The van der Waals surface area contributed by atoms with Crippen LogP contribution < -0.4 is 10.1 Å². The van der Waals surface area contributed by atoms with Crippen molar-refractivity contribution >= 4 is 33.6 Å². The number of sulfonamides is 1. The van der Waals surface area contributed by atoms with Gasteiger partial charge in [0.05, 0.1) is 19.5 Å². The molecule has 2 amide bonds. The largest absolute Gasteiger partial charge is 0.481 e. The molecule has 0 bridgehead atoms. The van der Waals surface area contributed by atoms with Crippen LogP contribution in [0.5, 0.6) is 5.75 Å². The number of amides is 2. The molecular formula is C23H19F6N3O8S. The number of carbonyl (C=O) groups is 4. The third kappa shape index (κ3) is 7.12. The summed E-state index contributed by atoms with van der Waals surface area (Å²) in [5.41, 5.74) is 0. The number of piperazine rings is 1. The Bertz CT molecular complexity index is 1460. The summed E-state index contributed by atoms with van der Waals surface area (Å²) in [7, 11) is -4.78. The summed E-state index contributed by atoms with van der Waals surface area (Å²) in [6.45, 7) is -3.97. The van der Waals surface area contributed by atoms with Crippen LogP contribution in [0.25, 0.3) is 0 Å². The molecule has 0 saturated carbocycles. The monoisotopic (exact) mass is 611 g/mol. The quantitative estimate of drug-likeness (QED) is 0.282. The lowest BCUT2D eigenvalue weighted by Gasteiger charge is -2.33. The number of hydrogen-bond donors (Lipinski definition) is 2. The van der Waals surface area contributed by atoms with E-state index in [1.165, 1.54) is 0 Å². The van der Waals surface area contributed by atoms with Gasteiger partial charge in [-0.05, 0) is 12.1 Å². The highest BCUT2D eigenvalue weighted by Gasteiger charge is 2.37. The highest BCUT2D eigenvalue weighted by Crippen LogP contribution is 2.27. The summed E-state index contributed by atoms with van der Waals surface area (Å²) >= 11 is 0. The topological polar surface area (TPSA) is 150 Å². The average Bonchev–Trinajstić information content (AvgIpc) is 2.87. The first-order chi connectivity index (χ1) is 19.1. The minimum atomic E-state index is -4.78. The molecule has 1 fully saturated rings. The van der Waals surface area contributed by atoms with Crippen LogP contribution in [0, 0.1) is 34.9 Å². The molecule has 2 N–H and O–H groups in total. The fourth-order valence-electron chi connectivity index (χ4n) is 3.67. The Labute approximate surface area is 227 Å². The van der Waals surface area contributed by atoms with Crippen LogP contribution in [-0.2, 0) is 29.2 Å². The summed E-state index contributed by atoms with van der Waals surface area (Å²) in [5.74, 6) is -17.0. The highest BCUT2D eigenvalue weighted by molar-refractivity contribution is 7.89. The van der Waals surface area contributed by atoms with Gasteiger partial charge in [0.25, 0.3) is 0 Å². The number of carboxylic acids is 1. The van der Waals surface area contributed by atoms with E-state index in [-0.39, 0.29) is 6.07 Å². The zero-order valence-corrected chi connectivity index (χ0v) is 21.3. The van der Waals surface area contributed by atoms with Gasteiger partial charge in [0.15, 0.2) is 28.1 Å². The van der Waals surface area contributed by atoms with E-state index in [9.17, 15) is 53.9 Å². The first-order valence-corrected chi connectivity index (χ1v) is 12.8. The summed E-state index contributed by atoms with van der Waals surface area (Å²) < 4.78 is 113. The number of nitrogens with zero attached hydrogens (tertiary/aromatic N) is 2. The second-order valence-electron chi connectivity index (χ2n) is 8.47. The first kappa shape index (κ1) is 31.3. The van der Waals surface area contributed by atoms with Gasteiger partial charge in [0.1, 0.15) is 24.3 Å². The number of halogens is 6. The van der Waals surface area contributed by atoms with Gasteiger partial charge in [-0.15, -0.1) is 0 Å². The number of ether oxygens (including phenoxy) is 1. The third-order valence-electron chi connectivity index (χ3n) is 5.67. The number of carboxylic acid groups (broad SMARTS) is 1. The molecule has 0 aliphatic carbocycles. The van der Waals surface area contributed by atoms with E-state index in [2.05, 4.69) is 4.74 Å². The molecule has 0 unspecified atom stereocenters. The van der Waals surface area contributed by atoms with Crippen LogP contribution in [-0.4, -0.2) is 85.1 Å². The van der Waals surface area contributed by atoms with Gasteiger partial charge in [-0.3, -0.25) is 19.2 Å². The lowest BCUT2D eigenvalue weighted by Crippen LogP contribution is -2.55. The maximum Gasteiger partial charge on any atom is 0.305 e. The number of carbonyl (C=O) groups excluding carboxylic acids is 3. The molecule has 1 aliphatic rings. The van der Waals surface area contributed by atoms with Crippen molar-refractivity contribution in [3.63, 3.8) is 0 Å². The second kappa shape index (κ2) is 12.5. The predicted octanol–water partition coefficient (Wildman–Crippen LogP) is 0.962. The highest BCUT2D eigenvalue weighted by atomic mass is 32.2. The van der Waals surface area contributed by atoms with Crippen LogP contribution in [0.1, 0.15) is 6.42 Å². The van der Waals surface area contributed by atoms with Crippen molar-refractivity contribution in [2.24, 2.45) is 0 Å². The van der Waals surface area contributed by atoms with E-state index in [1.54, 1.807) is 0 Å². The Kier molecular flexibility index (Phi) is 9.59. The molecule has 0 aromatic heterocycles. The molecule has 0 spiro atoms. The first-order valence-electron chi connectivity index (χ1n) is 11.3. The van der Waals surface area contributed by atoms with E-state index < -0.39 is 124 Å². The molecule has 1 saturated heterocycles. The molecule has 11 nitrogen and oxygen atoms in total. The minimum Gasteiger partial charge on any atom is -0.481 e. The third-order valence-corrected chi connectivity index (χ3v) is 7.57. The van der Waals surface area contributed by atoms with Crippen LogP contribution in [0.4, 0.5) is 26.3 Å². The van der Waals surface area contributed by atoms with Crippen LogP contribution >= 0.6 is 0 Å². The maximum absolute atomic E-state index is 14.0. The number of Topliss-reactive ketones (excluding diaryl/α,β-unsaturated/α-hetero) is 1. The van der Waals surface area contributed by atoms with Crippen molar-refractivity contribution in [2.75, 3.05) is 32.8 Å². The number of aliphatic carboxylic acids is 1. The Balaban J connectivity index is 1.64. The van der Waals surface area contributed by atoms with Gasteiger partial charge in [-0.1, -0.05) is 6.07 Å². The zero-order chi connectivity index (χ0) is 30.6.